The smallest absolute Gasteiger partial charge is 0.207 e. The van der Waals surface area contributed by atoms with E-state index in [4.69, 9.17) is 11.6 Å². The molecular formula is C20H22ClNO2S. The van der Waals surface area contributed by atoms with Gasteiger partial charge in [0.2, 0.25) is 10.0 Å². The molecule has 1 atom stereocenters. The summed E-state index contributed by atoms with van der Waals surface area (Å²) in [5, 5.41) is 0.728. The van der Waals surface area contributed by atoms with Crippen molar-refractivity contribution < 1.29 is 8.42 Å². The molecule has 0 N–H and O–H groups in total. The minimum Gasteiger partial charge on any atom is -0.207 e. The summed E-state index contributed by atoms with van der Waals surface area (Å²) in [5.41, 5.74) is 4.21. The molecule has 0 aromatic heterocycles. The Morgan fingerprint density at radius 1 is 1.12 bits per heavy atom. The van der Waals surface area contributed by atoms with Crippen LogP contribution in [0.2, 0.25) is 5.02 Å². The van der Waals surface area contributed by atoms with Gasteiger partial charge < -0.3 is 0 Å². The van der Waals surface area contributed by atoms with E-state index < -0.39 is 10.0 Å². The lowest BCUT2D eigenvalue weighted by Crippen LogP contribution is -2.43. The molecule has 0 radical (unpaired) electrons. The summed E-state index contributed by atoms with van der Waals surface area (Å²) < 4.78 is 27.2. The molecule has 1 unspecified atom stereocenters. The van der Waals surface area contributed by atoms with E-state index in [1.165, 1.54) is 4.31 Å². The monoisotopic (exact) mass is 375 g/mol. The lowest BCUT2D eigenvalue weighted by atomic mass is 9.84. The summed E-state index contributed by atoms with van der Waals surface area (Å²) in [4.78, 5) is 0.338. The van der Waals surface area contributed by atoms with E-state index in [9.17, 15) is 8.42 Å². The highest BCUT2D eigenvalue weighted by molar-refractivity contribution is 7.89. The minimum atomic E-state index is -3.49. The van der Waals surface area contributed by atoms with Crippen molar-refractivity contribution in [3.8, 4) is 0 Å². The SMILES string of the molecule is Cc1ccc(S(=O)(=O)N(C)C2CC/C2=C\c2ccc(C)c(Cl)c2)cc1. The van der Waals surface area contributed by atoms with Gasteiger partial charge in [-0.25, -0.2) is 8.42 Å². The van der Waals surface area contributed by atoms with Gasteiger partial charge in [0.05, 0.1) is 4.90 Å². The highest BCUT2D eigenvalue weighted by atomic mass is 35.5. The fourth-order valence-corrected chi connectivity index (χ4v) is 4.56. The van der Waals surface area contributed by atoms with Gasteiger partial charge in [-0.1, -0.05) is 53.1 Å². The van der Waals surface area contributed by atoms with E-state index >= 15 is 0 Å². The van der Waals surface area contributed by atoms with Gasteiger partial charge in [0.25, 0.3) is 0 Å². The van der Waals surface area contributed by atoms with Crippen LogP contribution in [-0.4, -0.2) is 25.8 Å². The minimum absolute atomic E-state index is 0.0913. The van der Waals surface area contributed by atoms with Crippen LogP contribution in [0.1, 0.15) is 29.5 Å². The molecule has 2 aromatic rings. The number of rotatable bonds is 4. The zero-order chi connectivity index (χ0) is 18.2. The molecule has 0 aliphatic heterocycles. The van der Waals surface area contributed by atoms with Crippen molar-refractivity contribution in [3.05, 3.63) is 69.8 Å². The molecule has 132 valence electrons. The molecule has 25 heavy (non-hydrogen) atoms. The number of aryl methyl sites for hydroxylation is 2. The lowest BCUT2D eigenvalue weighted by Gasteiger charge is -2.37. The Kier molecular flexibility index (Phi) is 5.05. The second-order valence-electron chi connectivity index (χ2n) is 6.62. The Labute approximate surface area is 155 Å². The van der Waals surface area contributed by atoms with Gasteiger partial charge in [-0.3, -0.25) is 0 Å². The van der Waals surface area contributed by atoms with Crippen LogP contribution in [0.4, 0.5) is 0 Å². The van der Waals surface area contributed by atoms with E-state index in [1.807, 2.05) is 44.2 Å². The van der Waals surface area contributed by atoms with Gasteiger partial charge in [0, 0.05) is 18.1 Å². The number of hydrogen-bond acceptors (Lipinski definition) is 2. The zero-order valence-corrected chi connectivity index (χ0v) is 16.2. The normalized spacial score (nSPS) is 19.2. The maximum Gasteiger partial charge on any atom is 0.243 e. The van der Waals surface area contributed by atoms with Crippen LogP contribution in [0, 0.1) is 13.8 Å². The molecular weight excluding hydrogens is 354 g/mol. The second-order valence-corrected chi connectivity index (χ2v) is 9.02. The van der Waals surface area contributed by atoms with Crippen molar-refractivity contribution in [2.24, 2.45) is 0 Å². The Morgan fingerprint density at radius 2 is 1.80 bits per heavy atom. The van der Waals surface area contributed by atoms with Crippen LogP contribution < -0.4 is 0 Å². The number of sulfonamides is 1. The highest BCUT2D eigenvalue weighted by Gasteiger charge is 2.35. The highest BCUT2D eigenvalue weighted by Crippen LogP contribution is 2.35. The van der Waals surface area contributed by atoms with Crippen LogP contribution >= 0.6 is 11.6 Å². The van der Waals surface area contributed by atoms with E-state index in [-0.39, 0.29) is 6.04 Å². The maximum atomic E-state index is 12.9. The number of hydrogen-bond donors (Lipinski definition) is 0. The first kappa shape index (κ1) is 18.2. The molecule has 0 amide bonds. The Bertz CT molecular complexity index is 917. The summed E-state index contributed by atoms with van der Waals surface area (Å²) >= 11 is 6.19. The lowest BCUT2D eigenvalue weighted by molar-refractivity contribution is 0.332. The maximum absolute atomic E-state index is 12.9. The van der Waals surface area contributed by atoms with Crippen molar-refractivity contribution in [1.82, 2.24) is 4.31 Å². The third-order valence-corrected chi connectivity index (χ3v) is 7.11. The molecule has 0 bridgehead atoms. The van der Waals surface area contributed by atoms with Gasteiger partial charge in [-0.2, -0.15) is 4.31 Å². The third kappa shape index (κ3) is 3.66. The number of likely N-dealkylation sites (N-methyl/N-ethyl adjacent to an activating group) is 1. The second kappa shape index (κ2) is 6.94. The standard InChI is InChI=1S/C20H22ClNO2S/c1-14-4-9-18(10-5-14)25(23,24)22(3)20-11-8-17(20)12-16-7-6-15(2)19(21)13-16/h4-7,9-10,12-13,20H,8,11H2,1-3H3/b17-12+. The third-order valence-electron chi connectivity index (χ3n) is 4.82. The summed E-state index contributed by atoms with van der Waals surface area (Å²) in [6.45, 7) is 3.91. The Balaban J connectivity index is 1.84. The van der Waals surface area contributed by atoms with Crippen LogP contribution in [0.3, 0.4) is 0 Å². The molecule has 1 aliphatic carbocycles. The predicted octanol–water partition coefficient (Wildman–Crippen LogP) is 4.82. The van der Waals surface area contributed by atoms with Crippen molar-refractivity contribution in [2.45, 2.75) is 37.6 Å². The molecule has 1 saturated carbocycles. The van der Waals surface area contributed by atoms with Crippen molar-refractivity contribution >= 4 is 27.7 Å². The molecule has 5 heteroatoms. The topological polar surface area (TPSA) is 37.4 Å². The van der Waals surface area contributed by atoms with E-state index in [1.54, 1.807) is 19.2 Å². The summed E-state index contributed by atoms with van der Waals surface area (Å²) in [5.74, 6) is 0. The Morgan fingerprint density at radius 3 is 2.36 bits per heavy atom. The fourth-order valence-electron chi connectivity index (χ4n) is 2.98. The van der Waals surface area contributed by atoms with Gasteiger partial charge >= 0.3 is 0 Å². The molecule has 3 rings (SSSR count). The molecule has 1 fully saturated rings. The van der Waals surface area contributed by atoms with Gasteiger partial charge in [0.1, 0.15) is 0 Å². The average Bonchev–Trinajstić information content (AvgIpc) is 2.55. The molecule has 0 heterocycles. The first-order chi connectivity index (χ1) is 11.8. The van der Waals surface area contributed by atoms with Crippen molar-refractivity contribution in [3.63, 3.8) is 0 Å². The van der Waals surface area contributed by atoms with Gasteiger partial charge in [-0.05, 0) is 56.0 Å². The zero-order valence-electron chi connectivity index (χ0n) is 14.7. The molecule has 2 aromatic carbocycles. The summed E-state index contributed by atoms with van der Waals surface area (Å²) in [7, 11) is -1.83. The molecule has 0 saturated heterocycles. The largest absolute Gasteiger partial charge is 0.243 e. The first-order valence-electron chi connectivity index (χ1n) is 8.30. The van der Waals surface area contributed by atoms with Crippen LogP contribution in [0.15, 0.2) is 52.9 Å². The molecule has 0 spiro atoms. The average molecular weight is 376 g/mol. The van der Waals surface area contributed by atoms with Crippen LogP contribution in [-0.2, 0) is 10.0 Å². The summed E-state index contributed by atoms with van der Waals surface area (Å²) in [6, 6.07) is 12.8. The van der Waals surface area contributed by atoms with Crippen molar-refractivity contribution in [1.29, 1.82) is 0 Å². The molecule has 3 nitrogen and oxygen atoms in total. The van der Waals surface area contributed by atoms with E-state index in [2.05, 4.69) is 6.08 Å². The van der Waals surface area contributed by atoms with Crippen molar-refractivity contribution in [2.75, 3.05) is 7.05 Å². The number of nitrogens with zero attached hydrogens (tertiary/aromatic N) is 1. The quantitative estimate of drug-likeness (QED) is 0.767. The number of benzene rings is 2. The fraction of sp³-hybridized carbons (Fsp3) is 0.300. The summed E-state index contributed by atoms with van der Waals surface area (Å²) in [6.07, 6.45) is 3.80. The predicted molar refractivity (Wildman–Crippen MR) is 103 cm³/mol. The van der Waals surface area contributed by atoms with E-state index in [0.717, 1.165) is 40.1 Å². The first-order valence-corrected chi connectivity index (χ1v) is 10.1. The van der Waals surface area contributed by atoms with Gasteiger partial charge in [-0.15, -0.1) is 0 Å². The van der Waals surface area contributed by atoms with Gasteiger partial charge in [0.15, 0.2) is 0 Å². The number of halogens is 1. The van der Waals surface area contributed by atoms with Crippen LogP contribution in [0.25, 0.3) is 6.08 Å². The van der Waals surface area contributed by atoms with E-state index in [0.29, 0.717) is 4.90 Å². The Hall–Kier alpha value is -1.62. The molecule has 1 aliphatic rings. The van der Waals surface area contributed by atoms with Crippen LogP contribution in [0.5, 0.6) is 0 Å².